The lowest BCUT2D eigenvalue weighted by Crippen LogP contribution is -2.39. The van der Waals surface area contributed by atoms with Crippen LogP contribution >= 0.6 is 0 Å². The van der Waals surface area contributed by atoms with Crippen LogP contribution in [0.25, 0.3) is 11.4 Å². The molecule has 1 aromatic carbocycles. The minimum Gasteiger partial charge on any atom is -0.378 e. The second-order valence-corrected chi connectivity index (χ2v) is 6.59. The Bertz CT molecular complexity index is 684. The standard InChI is InChI=1S/C19H25N3O3/c1-14(2)24-13-11-17(23)22-12-7-6-10-16(22)19-20-18(21-25-19)15-8-4-3-5-9-15/h3-5,8-9,14,16H,6-7,10-13H2,1-2H3. The summed E-state index contributed by atoms with van der Waals surface area (Å²) in [6.07, 6.45) is 3.43. The molecule has 0 spiro atoms. The molecule has 1 unspecified atom stereocenters. The van der Waals surface area contributed by atoms with Gasteiger partial charge in [0.05, 0.1) is 19.1 Å². The van der Waals surface area contributed by atoms with Crippen LogP contribution in [0.15, 0.2) is 34.9 Å². The Morgan fingerprint density at radius 2 is 2.12 bits per heavy atom. The molecule has 0 radical (unpaired) electrons. The van der Waals surface area contributed by atoms with Crippen molar-refractivity contribution in [2.45, 2.75) is 51.7 Å². The van der Waals surface area contributed by atoms with Crippen molar-refractivity contribution in [3.63, 3.8) is 0 Å². The Hall–Kier alpha value is -2.21. The van der Waals surface area contributed by atoms with Crippen molar-refractivity contribution in [1.82, 2.24) is 15.0 Å². The van der Waals surface area contributed by atoms with E-state index >= 15 is 0 Å². The maximum absolute atomic E-state index is 12.6. The molecule has 134 valence electrons. The highest BCUT2D eigenvalue weighted by molar-refractivity contribution is 5.76. The largest absolute Gasteiger partial charge is 0.378 e. The molecule has 1 aromatic heterocycles. The summed E-state index contributed by atoms with van der Waals surface area (Å²) in [4.78, 5) is 19.0. The third-order valence-corrected chi connectivity index (χ3v) is 4.35. The van der Waals surface area contributed by atoms with Gasteiger partial charge in [0.25, 0.3) is 0 Å². The van der Waals surface area contributed by atoms with Gasteiger partial charge in [-0.15, -0.1) is 0 Å². The van der Waals surface area contributed by atoms with Crippen LogP contribution in [0.3, 0.4) is 0 Å². The fourth-order valence-corrected chi connectivity index (χ4v) is 3.09. The summed E-state index contributed by atoms with van der Waals surface area (Å²) in [5.41, 5.74) is 0.913. The normalized spacial score (nSPS) is 17.9. The third-order valence-electron chi connectivity index (χ3n) is 4.35. The van der Waals surface area contributed by atoms with Gasteiger partial charge in [-0.05, 0) is 33.1 Å². The van der Waals surface area contributed by atoms with Gasteiger partial charge < -0.3 is 14.2 Å². The van der Waals surface area contributed by atoms with Crippen LogP contribution in [-0.4, -0.2) is 40.2 Å². The Kier molecular flexibility index (Phi) is 5.81. The molecule has 6 heteroatoms. The summed E-state index contributed by atoms with van der Waals surface area (Å²) < 4.78 is 11.0. The van der Waals surface area contributed by atoms with Gasteiger partial charge in [-0.25, -0.2) is 0 Å². The van der Waals surface area contributed by atoms with Crippen LogP contribution in [-0.2, 0) is 9.53 Å². The first-order valence-electron chi connectivity index (χ1n) is 8.95. The molecule has 0 bridgehead atoms. The Labute approximate surface area is 148 Å². The van der Waals surface area contributed by atoms with Gasteiger partial charge in [-0.3, -0.25) is 4.79 Å². The lowest BCUT2D eigenvalue weighted by molar-refractivity contribution is -0.137. The van der Waals surface area contributed by atoms with E-state index in [9.17, 15) is 4.79 Å². The van der Waals surface area contributed by atoms with E-state index in [1.807, 2.05) is 49.1 Å². The SMILES string of the molecule is CC(C)OCCC(=O)N1CCCCC1c1nc(-c2ccccc2)no1. The van der Waals surface area contributed by atoms with E-state index in [1.165, 1.54) is 0 Å². The fraction of sp³-hybridized carbons (Fsp3) is 0.526. The van der Waals surface area contributed by atoms with Gasteiger partial charge in [-0.1, -0.05) is 35.5 Å². The first-order valence-corrected chi connectivity index (χ1v) is 8.95. The van der Waals surface area contributed by atoms with E-state index in [1.54, 1.807) is 0 Å². The molecule has 25 heavy (non-hydrogen) atoms. The zero-order valence-corrected chi connectivity index (χ0v) is 14.9. The Morgan fingerprint density at radius 3 is 2.88 bits per heavy atom. The molecule has 1 aliphatic rings. The van der Waals surface area contributed by atoms with E-state index in [-0.39, 0.29) is 18.1 Å². The monoisotopic (exact) mass is 343 g/mol. The number of benzene rings is 1. The zero-order valence-electron chi connectivity index (χ0n) is 14.9. The summed E-state index contributed by atoms with van der Waals surface area (Å²) >= 11 is 0. The van der Waals surface area contributed by atoms with E-state index in [4.69, 9.17) is 9.26 Å². The van der Waals surface area contributed by atoms with Gasteiger partial charge in [0.15, 0.2) is 0 Å². The maximum atomic E-state index is 12.6. The molecule has 2 heterocycles. The number of amides is 1. The number of carbonyl (C=O) groups is 1. The predicted octanol–water partition coefficient (Wildman–Crippen LogP) is 3.61. The molecule has 0 N–H and O–H groups in total. The average Bonchev–Trinajstić information content (AvgIpc) is 3.12. The number of likely N-dealkylation sites (tertiary alicyclic amines) is 1. The summed E-state index contributed by atoms with van der Waals surface area (Å²) in [6, 6.07) is 9.59. The molecule has 1 amide bonds. The zero-order chi connectivity index (χ0) is 17.6. The van der Waals surface area contributed by atoms with Crippen LogP contribution in [0.4, 0.5) is 0 Å². The van der Waals surface area contributed by atoms with Crippen molar-refractivity contribution in [3.05, 3.63) is 36.2 Å². The predicted molar refractivity (Wildman–Crippen MR) is 93.7 cm³/mol. The topological polar surface area (TPSA) is 68.5 Å². The summed E-state index contributed by atoms with van der Waals surface area (Å²) in [7, 11) is 0. The van der Waals surface area contributed by atoms with E-state index < -0.39 is 0 Å². The smallest absolute Gasteiger partial charge is 0.249 e. The molecule has 0 saturated carbocycles. The Morgan fingerprint density at radius 1 is 1.32 bits per heavy atom. The van der Waals surface area contributed by atoms with E-state index in [0.29, 0.717) is 24.7 Å². The van der Waals surface area contributed by atoms with E-state index in [0.717, 1.165) is 31.4 Å². The molecule has 3 rings (SSSR count). The summed E-state index contributed by atoms with van der Waals surface area (Å²) in [6.45, 7) is 5.11. The van der Waals surface area contributed by atoms with Crippen molar-refractivity contribution in [1.29, 1.82) is 0 Å². The van der Waals surface area contributed by atoms with Gasteiger partial charge in [-0.2, -0.15) is 4.98 Å². The minimum atomic E-state index is -0.134. The molecule has 2 aromatic rings. The molecule has 1 fully saturated rings. The number of rotatable bonds is 6. The van der Waals surface area contributed by atoms with Crippen molar-refractivity contribution in [2.24, 2.45) is 0 Å². The molecular formula is C19H25N3O3. The third kappa shape index (κ3) is 4.45. The van der Waals surface area contributed by atoms with Crippen LogP contribution in [0.2, 0.25) is 0 Å². The minimum absolute atomic E-state index is 0.0878. The maximum Gasteiger partial charge on any atom is 0.249 e. The first-order chi connectivity index (χ1) is 12.1. The van der Waals surface area contributed by atoms with Crippen LogP contribution in [0.1, 0.15) is 51.5 Å². The molecule has 1 aliphatic heterocycles. The number of hydrogen-bond acceptors (Lipinski definition) is 5. The molecule has 0 aliphatic carbocycles. The van der Waals surface area contributed by atoms with Crippen molar-refractivity contribution < 1.29 is 14.1 Å². The number of piperidine rings is 1. The first kappa shape index (κ1) is 17.6. The van der Waals surface area contributed by atoms with Crippen molar-refractivity contribution in [3.8, 4) is 11.4 Å². The lowest BCUT2D eigenvalue weighted by atomic mass is 10.0. The number of aromatic nitrogens is 2. The Balaban J connectivity index is 1.71. The summed E-state index contributed by atoms with van der Waals surface area (Å²) in [5.74, 6) is 1.18. The highest BCUT2D eigenvalue weighted by atomic mass is 16.5. The highest BCUT2D eigenvalue weighted by Crippen LogP contribution is 2.31. The van der Waals surface area contributed by atoms with Crippen molar-refractivity contribution in [2.75, 3.05) is 13.2 Å². The number of hydrogen-bond donors (Lipinski definition) is 0. The van der Waals surface area contributed by atoms with Gasteiger partial charge in [0.1, 0.15) is 6.04 Å². The molecular weight excluding hydrogens is 318 g/mol. The highest BCUT2D eigenvalue weighted by Gasteiger charge is 2.32. The van der Waals surface area contributed by atoms with Gasteiger partial charge >= 0.3 is 0 Å². The lowest BCUT2D eigenvalue weighted by Gasteiger charge is -2.33. The van der Waals surface area contributed by atoms with Crippen LogP contribution in [0.5, 0.6) is 0 Å². The average molecular weight is 343 g/mol. The van der Waals surface area contributed by atoms with E-state index in [2.05, 4.69) is 10.1 Å². The quantitative estimate of drug-likeness (QED) is 0.801. The van der Waals surface area contributed by atoms with Crippen molar-refractivity contribution >= 4 is 5.91 Å². The second kappa shape index (κ2) is 8.25. The van der Waals surface area contributed by atoms with Crippen LogP contribution in [0, 0.1) is 0 Å². The second-order valence-electron chi connectivity index (χ2n) is 6.59. The van der Waals surface area contributed by atoms with Gasteiger partial charge in [0, 0.05) is 12.1 Å². The number of carbonyl (C=O) groups excluding carboxylic acids is 1. The number of ether oxygens (including phenoxy) is 1. The molecule has 6 nitrogen and oxygen atoms in total. The molecule has 1 atom stereocenters. The van der Waals surface area contributed by atoms with Gasteiger partial charge in [0.2, 0.25) is 17.6 Å². The number of nitrogens with zero attached hydrogens (tertiary/aromatic N) is 3. The summed E-state index contributed by atoms with van der Waals surface area (Å²) in [5, 5.41) is 4.09. The van der Waals surface area contributed by atoms with Crippen LogP contribution < -0.4 is 0 Å². The fourth-order valence-electron chi connectivity index (χ4n) is 3.09. The molecule has 1 saturated heterocycles.